The lowest BCUT2D eigenvalue weighted by Gasteiger charge is -2.60. The molecule has 0 aliphatic heterocycles. The summed E-state index contributed by atoms with van der Waals surface area (Å²) in [5, 5.41) is 11.2. The molecule has 4 aliphatic rings. The highest BCUT2D eigenvalue weighted by atomic mass is 16.3. The summed E-state index contributed by atoms with van der Waals surface area (Å²) in [7, 11) is 0. The Hall–Kier alpha value is -0.960. The Balaban J connectivity index is 1.73. The lowest BCUT2D eigenvalue weighted by atomic mass is 9.45. The van der Waals surface area contributed by atoms with E-state index in [1.165, 1.54) is 5.57 Å². The van der Waals surface area contributed by atoms with Gasteiger partial charge in [0.2, 0.25) is 0 Å². The quantitative estimate of drug-likeness (QED) is 0.779. The molecular weight excluding hydrogens is 312 g/mol. The maximum Gasteiger partial charge on any atom is 0.161 e. The molecule has 1 N–H and O–H groups in total. The summed E-state index contributed by atoms with van der Waals surface area (Å²) in [4.78, 5) is 24.3. The summed E-state index contributed by atoms with van der Waals surface area (Å²) in [6, 6.07) is 0. The number of fused-ring (bicyclic) bond motifs is 5. The van der Waals surface area contributed by atoms with E-state index in [1.54, 1.807) is 6.92 Å². The minimum atomic E-state index is -1.13. The van der Waals surface area contributed by atoms with Crippen molar-refractivity contribution < 1.29 is 14.7 Å². The molecule has 0 amide bonds. The molecule has 138 valence electrons. The minimum Gasteiger partial charge on any atom is -0.382 e. The molecule has 0 radical (unpaired) electrons. The van der Waals surface area contributed by atoms with Gasteiger partial charge in [0.25, 0.3) is 0 Å². The first-order valence-electron chi connectivity index (χ1n) is 10.1. The fraction of sp³-hybridized carbons (Fsp3) is 0.818. The monoisotopic (exact) mass is 344 g/mol. The smallest absolute Gasteiger partial charge is 0.161 e. The molecule has 0 aromatic carbocycles. The van der Waals surface area contributed by atoms with E-state index in [9.17, 15) is 14.7 Å². The van der Waals surface area contributed by atoms with Gasteiger partial charge in [-0.25, -0.2) is 0 Å². The molecule has 0 aromatic heterocycles. The van der Waals surface area contributed by atoms with Crippen molar-refractivity contribution in [3.63, 3.8) is 0 Å². The van der Waals surface area contributed by atoms with Gasteiger partial charge in [0, 0.05) is 11.8 Å². The van der Waals surface area contributed by atoms with Crippen LogP contribution in [0.2, 0.25) is 0 Å². The van der Waals surface area contributed by atoms with Crippen LogP contribution in [-0.4, -0.2) is 22.3 Å². The summed E-state index contributed by atoms with van der Waals surface area (Å²) in [5.41, 5.74) is 0.107. The Kier molecular flexibility index (Phi) is 3.69. The second kappa shape index (κ2) is 5.28. The van der Waals surface area contributed by atoms with Gasteiger partial charge >= 0.3 is 0 Å². The average Bonchev–Trinajstić information content (AvgIpc) is 2.83. The van der Waals surface area contributed by atoms with Gasteiger partial charge in [0.1, 0.15) is 5.60 Å². The summed E-state index contributed by atoms with van der Waals surface area (Å²) < 4.78 is 0. The summed E-state index contributed by atoms with van der Waals surface area (Å²) in [5.74, 6) is 2.27. The van der Waals surface area contributed by atoms with Crippen LogP contribution in [0.15, 0.2) is 11.6 Å². The summed E-state index contributed by atoms with van der Waals surface area (Å²) in [6.07, 6.45) is 8.31. The standard InChI is InChI=1S/C22H32O3/c1-13-11-16-17(20(3)8-5-15(24)12-19(13)20)6-9-21(4)18(16)7-10-22(21,25)14(2)23/h12-13,16-18,25H,5-11H2,1-4H3/t13-,16?,17?,18?,20?,21?,22-/m0/s1. The fourth-order valence-electron chi connectivity index (χ4n) is 7.58. The molecule has 3 heteroatoms. The van der Waals surface area contributed by atoms with Crippen molar-refractivity contribution in [3.8, 4) is 0 Å². The molecule has 4 rings (SSSR count). The molecule has 0 heterocycles. The highest BCUT2D eigenvalue weighted by molar-refractivity contribution is 5.91. The van der Waals surface area contributed by atoms with Crippen LogP contribution in [-0.2, 0) is 9.59 Å². The van der Waals surface area contributed by atoms with Gasteiger partial charge in [-0.2, -0.15) is 0 Å². The van der Waals surface area contributed by atoms with Gasteiger partial charge in [-0.3, -0.25) is 9.59 Å². The second-order valence-corrected chi connectivity index (χ2v) is 9.91. The van der Waals surface area contributed by atoms with Crippen molar-refractivity contribution >= 4 is 11.6 Å². The molecule has 3 saturated carbocycles. The minimum absolute atomic E-state index is 0.0464. The van der Waals surface area contributed by atoms with Crippen molar-refractivity contribution in [2.24, 2.45) is 34.5 Å². The molecule has 25 heavy (non-hydrogen) atoms. The molecule has 0 saturated heterocycles. The van der Waals surface area contributed by atoms with Gasteiger partial charge in [0.05, 0.1) is 0 Å². The fourth-order valence-corrected chi connectivity index (χ4v) is 7.58. The van der Waals surface area contributed by atoms with E-state index < -0.39 is 5.60 Å². The maximum atomic E-state index is 12.3. The molecule has 3 nitrogen and oxygen atoms in total. The average molecular weight is 344 g/mol. The highest BCUT2D eigenvalue weighted by Crippen LogP contribution is 2.68. The number of rotatable bonds is 1. The van der Waals surface area contributed by atoms with Crippen molar-refractivity contribution in [1.29, 1.82) is 0 Å². The third kappa shape index (κ3) is 2.08. The van der Waals surface area contributed by atoms with Crippen LogP contribution in [0.3, 0.4) is 0 Å². The molecule has 0 bridgehead atoms. The Morgan fingerprint density at radius 3 is 2.52 bits per heavy atom. The lowest BCUT2D eigenvalue weighted by Crippen LogP contribution is -2.57. The van der Waals surface area contributed by atoms with Crippen molar-refractivity contribution in [3.05, 3.63) is 11.6 Å². The van der Waals surface area contributed by atoms with E-state index in [0.717, 1.165) is 32.1 Å². The number of ketones is 2. The topological polar surface area (TPSA) is 54.4 Å². The number of carbonyl (C=O) groups is 2. The Labute approximate surface area is 151 Å². The van der Waals surface area contributed by atoms with Gasteiger partial charge in [0.15, 0.2) is 11.6 Å². The SMILES string of the molecule is CC(=O)[C@@]1(O)CCC2C3C[C@H](C)C4=CC(=O)CCC4(C)C3CCC21C. The van der Waals surface area contributed by atoms with Gasteiger partial charge in [-0.15, -0.1) is 0 Å². The van der Waals surface area contributed by atoms with Crippen LogP contribution in [0.1, 0.15) is 72.6 Å². The van der Waals surface area contributed by atoms with Crippen LogP contribution in [0.5, 0.6) is 0 Å². The first-order chi connectivity index (χ1) is 11.6. The number of carbonyl (C=O) groups excluding carboxylic acids is 2. The first-order valence-corrected chi connectivity index (χ1v) is 10.1. The van der Waals surface area contributed by atoms with Gasteiger partial charge < -0.3 is 5.11 Å². The van der Waals surface area contributed by atoms with Crippen LogP contribution in [0.4, 0.5) is 0 Å². The molecule has 3 fully saturated rings. The lowest BCUT2D eigenvalue weighted by molar-refractivity contribution is -0.161. The van der Waals surface area contributed by atoms with Gasteiger partial charge in [-0.05, 0) is 80.6 Å². The number of hydrogen-bond acceptors (Lipinski definition) is 3. The Morgan fingerprint density at radius 1 is 1.16 bits per heavy atom. The van der Waals surface area contributed by atoms with E-state index in [-0.39, 0.29) is 16.6 Å². The third-order valence-corrected chi connectivity index (χ3v) is 9.01. The van der Waals surface area contributed by atoms with E-state index in [2.05, 4.69) is 20.8 Å². The van der Waals surface area contributed by atoms with E-state index in [4.69, 9.17) is 0 Å². The van der Waals surface area contributed by atoms with E-state index in [0.29, 0.717) is 42.3 Å². The number of Topliss-reactive ketones (excluding diaryl/α,β-unsaturated/α-hetero) is 1. The first kappa shape index (κ1) is 17.5. The second-order valence-electron chi connectivity index (χ2n) is 9.91. The van der Waals surface area contributed by atoms with Crippen LogP contribution < -0.4 is 0 Å². The Morgan fingerprint density at radius 2 is 1.84 bits per heavy atom. The molecular formula is C22H32O3. The zero-order valence-electron chi connectivity index (χ0n) is 16.1. The van der Waals surface area contributed by atoms with E-state index in [1.807, 2.05) is 6.08 Å². The van der Waals surface area contributed by atoms with Crippen LogP contribution in [0, 0.1) is 34.5 Å². The number of allylic oxidation sites excluding steroid dienone is 1. The van der Waals surface area contributed by atoms with Crippen molar-refractivity contribution in [2.45, 2.75) is 78.2 Å². The Bertz CT molecular complexity index is 664. The predicted octanol–water partition coefficient (Wildman–Crippen LogP) is 4.08. The molecule has 4 aliphatic carbocycles. The zero-order valence-corrected chi connectivity index (χ0v) is 16.1. The maximum absolute atomic E-state index is 12.3. The zero-order chi connectivity index (χ0) is 18.2. The summed E-state index contributed by atoms with van der Waals surface area (Å²) in [6.45, 7) is 8.40. The molecule has 0 spiro atoms. The number of aliphatic hydroxyl groups is 1. The van der Waals surface area contributed by atoms with Gasteiger partial charge in [-0.1, -0.05) is 26.3 Å². The number of hydrogen-bond donors (Lipinski definition) is 1. The van der Waals surface area contributed by atoms with E-state index >= 15 is 0 Å². The van der Waals surface area contributed by atoms with Crippen LogP contribution >= 0.6 is 0 Å². The molecule has 7 atom stereocenters. The third-order valence-electron chi connectivity index (χ3n) is 9.01. The normalized spacial score (nSPS) is 52.0. The summed E-state index contributed by atoms with van der Waals surface area (Å²) >= 11 is 0. The molecule has 0 aromatic rings. The van der Waals surface area contributed by atoms with Crippen LogP contribution in [0.25, 0.3) is 0 Å². The molecule has 5 unspecified atom stereocenters. The van der Waals surface area contributed by atoms with Crippen molar-refractivity contribution in [1.82, 2.24) is 0 Å². The highest BCUT2D eigenvalue weighted by Gasteiger charge is 2.66. The largest absolute Gasteiger partial charge is 0.382 e. The van der Waals surface area contributed by atoms with Crippen molar-refractivity contribution in [2.75, 3.05) is 0 Å². The predicted molar refractivity (Wildman–Crippen MR) is 96.9 cm³/mol.